The molecule has 0 unspecified atom stereocenters. The Morgan fingerprint density at radius 3 is 1.97 bits per heavy atom. The Labute approximate surface area is 174 Å². The smallest absolute Gasteiger partial charge is 0.259 e. The predicted octanol–water partition coefficient (Wildman–Crippen LogP) is 0.414. The molecule has 11 nitrogen and oxygen atoms in total. The van der Waals surface area contributed by atoms with Gasteiger partial charge in [-0.3, -0.25) is 9.59 Å². The van der Waals surface area contributed by atoms with Crippen LogP contribution in [0, 0.1) is 27.7 Å². The molecule has 0 aromatic carbocycles. The molecule has 30 heavy (non-hydrogen) atoms. The van der Waals surface area contributed by atoms with Gasteiger partial charge in [-0.2, -0.15) is 4.31 Å². The summed E-state index contributed by atoms with van der Waals surface area (Å²) in [6.07, 6.45) is 0. The van der Waals surface area contributed by atoms with Gasteiger partial charge in [0.15, 0.2) is 0 Å². The normalized spacial score (nSPS) is 15.4. The summed E-state index contributed by atoms with van der Waals surface area (Å²) >= 11 is 0. The van der Waals surface area contributed by atoms with Crippen LogP contribution in [-0.4, -0.2) is 78.2 Å². The molecule has 1 N–H and O–H groups in total. The summed E-state index contributed by atoms with van der Waals surface area (Å²) in [6, 6.07) is 0. The van der Waals surface area contributed by atoms with Crippen molar-refractivity contribution in [2.24, 2.45) is 0 Å². The number of nitrogens with one attached hydrogen (secondary N) is 1. The van der Waals surface area contributed by atoms with Crippen LogP contribution in [-0.2, 0) is 10.0 Å². The first-order valence-electron chi connectivity index (χ1n) is 9.53. The Kier molecular flexibility index (Phi) is 6.27. The van der Waals surface area contributed by atoms with E-state index in [9.17, 15) is 18.0 Å². The highest BCUT2D eigenvalue weighted by Gasteiger charge is 2.31. The van der Waals surface area contributed by atoms with E-state index in [-0.39, 0.29) is 44.4 Å². The predicted molar refractivity (Wildman–Crippen MR) is 106 cm³/mol. The molecular weight excluding hydrogens is 414 g/mol. The van der Waals surface area contributed by atoms with Crippen LogP contribution in [0.15, 0.2) is 9.05 Å². The molecule has 1 fully saturated rings. The fourth-order valence-corrected chi connectivity index (χ4v) is 4.77. The second kappa shape index (κ2) is 8.56. The number of hydrogen-bond acceptors (Lipinski definition) is 8. The van der Waals surface area contributed by atoms with Crippen LogP contribution in [0.25, 0.3) is 0 Å². The SMILES string of the molecule is Cc1noc(C)c1C(=O)NCCS(=O)(=O)N1CCN(C(=O)c2c(C)noc2C)CC1. The first-order chi connectivity index (χ1) is 14.1. The lowest BCUT2D eigenvalue weighted by molar-refractivity contribution is 0.0695. The average molecular weight is 439 g/mol. The summed E-state index contributed by atoms with van der Waals surface area (Å²) in [4.78, 5) is 26.5. The maximum absolute atomic E-state index is 12.7. The van der Waals surface area contributed by atoms with E-state index in [1.165, 1.54) is 4.31 Å². The number of piperazine rings is 1. The number of rotatable bonds is 6. The van der Waals surface area contributed by atoms with Gasteiger partial charge in [-0.1, -0.05) is 10.3 Å². The molecule has 0 aliphatic carbocycles. The lowest BCUT2D eigenvalue weighted by Gasteiger charge is -2.34. The Balaban J connectivity index is 1.52. The number of sulfonamides is 1. The molecule has 3 rings (SSSR count). The van der Waals surface area contributed by atoms with E-state index in [0.717, 1.165) is 0 Å². The Morgan fingerprint density at radius 2 is 1.47 bits per heavy atom. The van der Waals surface area contributed by atoms with Crippen molar-refractivity contribution in [2.75, 3.05) is 38.5 Å². The van der Waals surface area contributed by atoms with Crippen LogP contribution in [0.1, 0.15) is 43.6 Å². The first kappa shape index (κ1) is 22.0. The van der Waals surface area contributed by atoms with Crippen molar-refractivity contribution in [2.45, 2.75) is 27.7 Å². The number of amides is 2. The third kappa shape index (κ3) is 4.38. The molecule has 2 aromatic heterocycles. The van der Waals surface area contributed by atoms with Crippen molar-refractivity contribution >= 4 is 21.8 Å². The average Bonchev–Trinajstić information content (AvgIpc) is 3.21. The molecule has 0 spiro atoms. The van der Waals surface area contributed by atoms with E-state index >= 15 is 0 Å². The summed E-state index contributed by atoms with van der Waals surface area (Å²) in [5.41, 5.74) is 1.71. The largest absolute Gasteiger partial charge is 0.361 e. The van der Waals surface area contributed by atoms with Crippen molar-refractivity contribution in [1.82, 2.24) is 24.8 Å². The van der Waals surface area contributed by atoms with Crippen LogP contribution < -0.4 is 5.32 Å². The van der Waals surface area contributed by atoms with Crippen molar-refractivity contribution in [3.05, 3.63) is 34.0 Å². The minimum Gasteiger partial charge on any atom is -0.361 e. The monoisotopic (exact) mass is 439 g/mol. The van der Waals surface area contributed by atoms with Gasteiger partial charge in [0.1, 0.15) is 22.6 Å². The molecule has 0 radical (unpaired) electrons. The van der Waals surface area contributed by atoms with E-state index in [0.29, 0.717) is 34.0 Å². The van der Waals surface area contributed by atoms with Crippen molar-refractivity contribution in [3.63, 3.8) is 0 Å². The topological polar surface area (TPSA) is 139 Å². The van der Waals surface area contributed by atoms with Crippen LogP contribution in [0.5, 0.6) is 0 Å². The number of hydrogen-bond donors (Lipinski definition) is 1. The minimum absolute atomic E-state index is 0.0382. The Hall–Kier alpha value is -2.73. The van der Waals surface area contributed by atoms with Gasteiger partial charge in [0.05, 0.1) is 17.1 Å². The molecule has 1 saturated heterocycles. The van der Waals surface area contributed by atoms with E-state index in [1.807, 2.05) is 0 Å². The third-order valence-corrected chi connectivity index (χ3v) is 6.94. The molecule has 12 heteroatoms. The Morgan fingerprint density at radius 1 is 0.933 bits per heavy atom. The molecule has 3 heterocycles. The maximum atomic E-state index is 12.7. The minimum atomic E-state index is -3.58. The first-order valence-corrected chi connectivity index (χ1v) is 11.1. The molecule has 164 valence electrons. The quantitative estimate of drug-likeness (QED) is 0.683. The maximum Gasteiger partial charge on any atom is 0.259 e. The molecule has 0 bridgehead atoms. The zero-order chi connectivity index (χ0) is 22.1. The summed E-state index contributed by atoms with van der Waals surface area (Å²) in [5, 5.41) is 10.1. The molecule has 1 aliphatic heterocycles. The summed E-state index contributed by atoms with van der Waals surface area (Å²) in [5.74, 6) is -0.0418. The summed E-state index contributed by atoms with van der Waals surface area (Å²) in [6.45, 7) is 7.52. The second-order valence-electron chi connectivity index (χ2n) is 7.16. The molecular formula is C18H25N5O6S. The highest BCUT2D eigenvalue weighted by Crippen LogP contribution is 2.17. The molecule has 2 aromatic rings. The van der Waals surface area contributed by atoms with Gasteiger partial charge in [-0.15, -0.1) is 0 Å². The molecule has 1 aliphatic rings. The number of nitrogens with zero attached hydrogens (tertiary/aromatic N) is 4. The Bertz CT molecular complexity index is 1010. The second-order valence-corrected chi connectivity index (χ2v) is 9.25. The van der Waals surface area contributed by atoms with Gasteiger partial charge in [0.25, 0.3) is 11.8 Å². The van der Waals surface area contributed by atoms with Crippen LogP contribution in [0.4, 0.5) is 0 Å². The number of carbonyl (C=O) groups excluding carboxylic acids is 2. The highest BCUT2D eigenvalue weighted by atomic mass is 32.2. The lowest BCUT2D eigenvalue weighted by atomic mass is 10.1. The van der Waals surface area contributed by atoms with Gasteiger partial charge in [-0.05, 0) is 27.7 Å². The van der Waals surface area contributed by atoms with Crippen molar-refractivity contribution in [1.29, 1.82) is 0 Å². The fourth-order valence-electron chi connectivity index (χ4n) is 3.43. The van der Waals surface area contributed by atoms with Crippen molar-refractivity contribution in [3.8, 4) is 0 Å². The third-order valence-electron chi connectivity index (χ3n) is 5.07. The number of aromatic nitrogens is 2. The molecule has 2 amide bonds. The van der Waals surface area contributed by atoms with E-state index in [1.54, 1.807) is 32.6 Å². The van der Waals surface area contributed by atoms with Gasteiger partial charge in [0.2, 0.25) is 10.0 Å². The zero-order valence-electron chi connectivity index (χ0n) is 17.4. The summed E-state index contributed by atoms with van der Waals surface area (Å²) < 4.78 is 36.6. The zero-order valence-corrected chi connectivity index (χ0v) is 18.2. The van der Waals surface area contributed by atoms with Gasteiger partial charge in [-0.25, -0.2) is 8.42 Å². The summed E-state index contributed by atoms with van der Waals surface area (Å²) in [7, 11) is -3.58. The fraction of sp³-hybridized carbons (Fsp3) is 0.556. The van der Waals surface area contributed by atoms with Crippen LogP contribution in [0.3, 0.4) is 0 Å². The van der Waals surface area contributed by atoms with Gasteiger partial charge < -0.3 is 19.3 Å². The molecule has 0 saturated carbocycles. The van der Waals surface area contributed by atoms with E-state index < -0.39 is 15.9 Å². The number of carbonyl (C=O) groups is 2. The van der Waals surface area contributed by atoms with Gasteiger partial charge in [0, 0.05) is 32.7 Å². The standard InChI is InChI=1S/C18H25N5O6S/c1-11-15(13(3)28-20-11)17(24)19-5-10-30(26,27)23-8-6-22(7-9-23)18(25)16-12(2)21-29-14(16)4/h5-10H2,1-4H3,(H,19,24). The van der Waals surface area contributed by atoms with Crippen molar-refractivity contribution < 1.29 is 27.1 Å². The van der Waals surface area contributed by atoms with Gasteiger partial charge >= 0.3 is 0 Å². The van der Waals surface area contributed by atoms with E-state index in [2.05, 4.69) is 15.6 Å². The number of aryl methyl sites for hydroxylation is 4. The van der Waals surface area contributed by atoms with E-state index in [4.69, 9.17) is 9.05 Å². The molecule has 0 atom stereocenters. The van der Waals surface area contributed by atoms with Crippen LogP contribution >= 0.6 is 0 Å². The lowest BCUT2D eigenvalue weighted by Crippen LogP contribution is -2.51. The highest BCUT2D eigenvalue weighted by molar-refractivity contribution is 7.89. The van der Waals surface area contributed by atoms with Crippen LogP contribution in [0.2, 0.25) is 0 Å².